The molecule has 82 valence electrons. The Morgan fingerprint density at radius 1 is 1.44 bits per heavy atom. The molecule has 0 aliphatic carbocycles. The van der Waals surface area contributed by atoms with E-state index in [4.69, 9.17) is 5.11 Å². The molecular formula is C11H10N2O2S. The Labute approximate surface area is 96.6 Å². The summed E-state index contributed by atoms with van der Waals surface area (Å²) in [6.45, 7) is 3.67. The molecule has 0 amide bonds. The number of aromatic nitrogens is 2. The second-order valence-electron chi connectivity index (χ2n) is 3.49. The number of hydrogen-bond acceptors (Lipinski definition) is 4. The average molecular weight is 234 g/mol. The van der Waals surface area contributed by atoms with Crippen LogP contribution < -0.4 is 0 Å². The van der Waals surface area contributed by atoms with Crippen molar-refractivity contribution in [2.24, 2.45) is 0 Å². The van der Waals surface area contributed by atoms with Crippen LogP contribution in [0.2, 0.25) is 0 Å². The smallest absolute Gasteiger partial charge is 0.339 e. The first-order chi connectivity index (χ1) is 7.58. The molecule has 2 aromatic heterocycles. The molecular weight excluding hydrogens is 224 g/mol. The molecule has 0 aromatic carbocycles. The van der Waals surface area contributed by atoms with Gasteiger partial charge in [-0.2, -0.15) is 0 Å². The zero-order valence-corrected chi connectivity index (χ0v) is 9.71. The van der Waals surface area contributed by atoms with E-state index < -0.39 is 5.97 Å². The van der Waals surface area contributed by atoms with Crippen molar-refractivity contribution in [1.82, 2.24) is 9.97 Å². The number of nitrogens with zero attached hydrogens (tertiary/aromatic N) is 2. The summed E-state index contributed by atoms with van der Waals surface area (Å²) in [6.07, 6.45) is 1.36. The van der Waals surface area contributed by atoms with Gasteiger partial charge in [0, 0.05) is 6.20 Å². The Morgan fingerprint density at radius 2 is 2.19 bits per heavy atom. The highest BCUT2D eigenvalue weighted by molar-refractivity contribution is 7.13. The number of carboxylic acid groups (broad SMARTS) is 1. The lowest BCUT2D eigenvalue weighted by Gasteiger charge is -2.01. The summed E-state index contributed by atoms with van der Waals surface area (Å²) in [5.41, 5.74) is 1.80. The van der Waals surface area contributed by atoms with Crippen LogP contribution in [0.1, 0.15) is 21.6 Å². The van der Waals surface area contributed by atoms with Crippen molar-refractivity contribution < 1.29 is 9.90 Å². The molecule has 0 aliphatic heterocycles. The fraction of sp³-hybridized carbons (Fsp3) is 0.182. The van der Waals surface area contributed by atoms with Gasteiger partial charge in [-0.15, -0.1) is 11.3 Å². The van der Waals surface area contributed by atoms with Crippen molar-refractivity contribution in [2.75, 3.05) is 0 Å². The topological polar surface area (TPSA) is 63.1 Å². The zero-order valence-electron chi connectivity index (χ0n) is 8.89. The van der Waals surface area contributed by atoms with Crippen LogP contribution in [0.3, 0.4) is 0 Å². The van der Waals surface area contributed by atoms with Gasteiger partial charge in [0.05, 0.1) is 16.1 Å². The van der Waals surface area contributed by atoms with E-state index in [2.05, 4.69) is 9.97 Å². The maximum atomic E-state index is 10.8. The summed E-state index contributed by atoms with van der Waals surface area (Å²) in [4.78, 5) is 20.0. The number of hydrogen-bond donors (Lipinski definition) is 1. The number of thiophene rings is 1. The maximum Gasteiger partial charge on any atom is 0.339 e. The normalized spacial score (nSPS) is 10.4. The van der Waals surface area contributed by atoms with Crippen LogP contribution in [0.15, 0.2) is 17.6 Å². The van der Waals surface area contributed by atoms with Crippen molar-refractivity contribution in [2.45, 2.75) is 13.8 Å². The summed E-state index contributed by atoms with van der Waals surface area (Å²) >= 11 is 1.55. The third kappa shape index (κ3) is 1.94. The lowest BCUT2D eigenvalue weighted by Crippen LogP contribution is -2.03. The van der Waals surface area contributed by atoms with Gasteiger partial charge >= 0.3 is 5.97 Å². The fourth-order valence-corrected chi connectivity index (χ4v) is 2.18. The number of rotatable bonds is 2. The van der Waals surface area contributed by atoms with Gasteiger partial charge in [-0.3, -0.25) is 0 Å². The molecule has 0 saturated heterocycles. The monoisotopic (exact) mass is 234 g/mol. The lowest BCUT2D eigenvalue weighted by atomic mass is 10.2. The predicted octanol–water partition coefficient (Wildman–Crippen LogP) is 2.52. The molecule has 4 nitrogen and oxygen atoms in total. The van der Waals surface area contributed by atoms with Gasteiger partial charge in [-0.1, -0.05) is 0 Å². The second-order valence-corrected chi connectivity index (χ2v) is 4.40. The summed E-state index contributed by atoms with van der Waals surface area (Å²) in [5.74, 6) is -0.410. The van der Waals surface area contributed by atoms with E-state index in [-0.39, 0.29) is 5.56 Å². The van der Waals surface area contributed by atoms with Gasteiger partial charge in [-0.05, 0) is 30.9 Å². The SMILES string of the molecule is Cc1csc(-c2ncc(C(=O)O)c(C)n2)c1. The van der Waals surface area contributed by atoms with Crippen LogP contribution in [0.4, 0.5) is 0 Å². The van der Waals surface area contributed by atoms with E-state index in [9.17, 15) is 4.79 Å². The average Bonchev–Trinajstić information content (AvgIpc) is 2.64. The van der Waals surface area contributed by atoms with Crippen LogP contribution in [0.25, 0.3) is 10.7 Å². The Kier molecular flexibility index (Phi) is 2.70. The number of carbonyl (C=O) groups is 1. The van der Waals surface area contributed by atoms with Gasteiger partial charge in [0.1, 0.15) is 0 Å². The molecule has 0 fully saturated rings. The largest absolute Gasteiger partial charge is 0.478 e. The van der Waals surface area contributed by atoms with Gasteiger partial charge in [0.2, 0.25) is 0 Å². The van der Waals surface area contributed by atoms with Gasteiger partial charge in [-0.25, -0.2) is 14.8 Å². The van der Waals surface area contributed by atoms with E-state index >= 15 is 0 Å². The summed E-state index contributed by atoms with van der Waals surface area (Å²) in [5, 5.41) is 10.9. The Balaban J connectivity index is 2.45. The van der Waals surface area contributed by atoms with Crippen LogP contribution in [-0.4, -0.2) is 21.0 Å². The third-order valence-corrected chi connectivity index (χ3v) is 3.20. The van der Waals surface area contributed by atoms with Crippen molar-refractivity contribution in [3.63, 3.8) is 0 Å². The molecule has 2 aromatic rings. The molecule has 0 spiro atoms. The molecule has 0 radical (unpaired) electrons. The highest BCUT2D eigenvalue weighted by Gasteiger charge is 2.11. The first kappa shape index (κ1) is 10.8. The predicted molar refractivity (Wildman–Crippen MR) is 61.8 cm³/mol. The molecule has 0 atom stereocenters. The molecule has 16 heavy (non-hydrogen) atoms. The van der Waals surface area contributed by atoms with Crippen LogP contribution in [0, 0.1) is 13.8 Å². The van der Waals surface area contributed by atoms with E-state index in [1.165, 1.54) is 6.20 Å². The first-order valence-electron chi connectivity index (χ1n) is 4.70. The van der Waals surface area contributed by atoms with Gasteiger partial charge in [0.25, 0.3) is 0 Å². The Hall–Kier alpha value is -1.75. The van der Waals surface area contributed by atoms with Crippen LogP contribution >= 0.6 is 11.3 Å². The minimum absolute atomic E-state index is 0.150. The fourth-order valence-electron chi connectivity index (χ4n) is 1.34. The summed E-state index contributed by atoms with van der Waals surface area (Å²) in [6, 6.07) is 1.99. The number of carboxylic acids is 1. The van der Waals surface area contributed by atoms with Gasteiger partial charge in [0.15, 0.2) is 5.82 Å². The molecule has 1 N–H and O–H groups in total. The molecule has 0 unspecified atom stereocenters. The molecule has 2 heterocycles. The highest BCUT2D eigenvalue weighted by atomic mass is 32.1. The summed E-state index contributed by atoms with van der Waals surface area (Å²) in [7, 11) is 0. The quantitative estimate of drug-likeness (QED) is 0.867. The Bertz CT molecular complexity index is 549. The van der Waals surface area contributed by atoms with Gasteiger partial charge < -0.3 is 5.11 Å². The minimum atomic E-state index is -0.994. The first-order valence-corrected chi connectivity index (χ1v) is 5.58. The second kappa shape index (κ2) is 4.02. The summed E-state index contributed by atoms with van der Waals surface area (Å²) < 4.78 is 0. The van der Waals surface area contributed by atoms with E-state index in [0.717, 1.165) is 10.4 Å². The minimum Gasteiger partial charge on any atom is -0.478 e. The van der Waals surface area contributed by atoms with Crippen molar-refractivity contribution in [3.8, 4) is 10.7 Å². The van der Waals surface area contributed by atoms with E-state index in [1.807, 2.05) is 18.4 Å². The molecule has 0 aliphatic rings. The van der Waals surface area contributed by atoms with E-state index in [1.54, 1.807) is 18.3 Å². The van der Waals surface area contributed by atoms with Crippen LogP contribution in [0.5, 0.6) is 0 Å². The standard InChI is InChI=1S/C11H10N2O2S/c1-6-3-9(16-5-6)10-12-4-8(11(14)15)7(2)13-10/h3-5H,1-2H3,(H,14,15). The van der Waals surface area contributed by atoms with Crippen molar-refractivity contribution in [3.05, 3.63) is 34.5 Å². The maximum absolute atomic E-state index is 10.8. The van der Waals surface area contributed by atoms with Crippen molar-refractivity contribution >= 4 is 17.3 Å². The van der Waals surface area contributed by atoms with Crippen molar-refractivity contribution in [1.29, 1.82) is 0 Å². The number of aryl methyl sites for hydroxylation is 2. The third-order valence-electron chi connectivity index (χ3n) is 2.16. The van der Waals surface area contributed by atoms with E-state index in [0.29, 0.717) is 11.5 Å². The molecule has 5 heteroatoms. The zero-order chi connectivity index (χ0) is 11.7. The molecule has 0 saturated carbocycles. The lowest BCUT2D eigenvalue weighted by molar-refractivity contribution is 0.0695. The van der Waals surface area contributed by atoms with Crippen LogP contribution in [-0.2, 0) is 0 Å². The molecule has 2 rings (SSSR count). The molecule has 0 bridgehead atoms. The Morgan fingerprint density at radius 3 is 2.69 bits per heavy atom. The highest BCUT2D eigenvalue weighted by Crippen LogP contribution is 2.24. The number of aromatic carboxylic acids is 1.